The van der Waals surface area contributed by atoms with Crippen LogP contribution < -0.4 is 0 Å². The van der Waals surface area contributed by atoms with E-state index in [2.05, 4.69) is 79.4 Å². The quantitative estimate of drug-likeness (QED) is 0.832. The first kappa shape index (κ1) is 14.7. The summed E-state index contributed by atoms with van der Waals surface area (Å²) in [6.07, 6.45) is 1.91. The number of aromatic nitrogens is 1. The maximum atomic E-state index is 4.58. The molecular formula is C17H23N3. The van der Waals surface area contributed by atoms with Crippen molar-refractivity contribution >= 4 is 0 Å². The summed E-state index contributed by atoms with van der Waals surface area (Å²) in [6.45, 7) is 0.935. The standard InChI is InChI=1S/C17H23N3/c1-19(2)13-14-10-11-18-16(12-14)17(20(3)4)15-8-6-5-7-9-15/h5-12,17H,13H2,1-4H3. The Morgan fingerprint density at radius 1 is 1.00 bits per heavy atom. The Morgan fingerprint density at radius 3 is 2.30 bits per heavy atom. The summed E-state index contributed by atoms with van der Waals surface area (Å²) in [5.74, 6) is 0. The predicted molar refractivity (Wildman–Crippen MR) is 83.6 cm³/mol. The molecule has 0 radical (unpaired) electrons. The fourth-order valence-electron chi connectivity index (χ4n) is 2.48. The van der Waals surface area contributed by atoms with Crippen LogP contribution in [0.3, 0.4) is 0 Å². The molecule has 0 N–H and O–H groups in total. The van der Waals surface area contributed by atoms with Crippen molar-refractivity contribution in [2.24, 2.45) is 0 Å². The lowest BCUT2D eigenvalue weighted by atomic mass is 10.0. The van der Waals surface area contributed by atoms with Gasteiger partial charge >= 0.3 is 0 Å². The minimum Gasteiger partial charge on any atom is -0.305 e. The van der Waals surface area contributed by atoms with E-state index < -0.39 is 0 Å². The summed E-state index contributed by atoms with van der Waals surface area (Å²) in [6, 6.07) is 15.0. The van der Waals surface area contributed by atoms with Crippen LogP contribution in [0.25, 0.3) is 0 Å². The Kier molecular flexibility index (Phi) is 4.88. The normalized spacial score (nSPS) is 12.9. The highest BCUT2D eigenvalue weighted by Crippen LogP contribution is 2.25. The highest BCUT2D eigenvalue weighted by Gasteiger charge is 2.17. The van der Waals surface area contributed by atoms with Gasteiger partial charge in [0.25, 0.3) is 0 Å². The Labute approximate surface area is 121 Å². The molecule has 0 aliphatic rings. The molecule has 0 saturated heterocycles. The third kappa shape index (κ3) is 3.65. The van der Waals surface area contributed by atoms with Gasteiger partial charge in [0.2, 0.25) is 0 Å². The van der Waals surface area contributed by atoms with E-state index in [4.69, 9.17) is 0 Å². The summed E-state index contributed by atoms with van der Waals surface area (Å²) >= 11 is 0. The molecule has 3 nitrogen and oxygen atoms in total. The van der Waals surface area contributed by atoms with Gasteiger partial charge in [-0.1, -0.05) is 30.3 Å². The van der Waals surface area contributed by atoms with E-state index in [-0.39, 0.29) is 6.04 Å². The molecule has 0 aliphatic heterocycles. The number of nitrogens with zero attached hydrogens (tertiary/aromatic N) is 3. The first-order chi connectivity index (χ1) is 9.58. The van der Waals surface area contributed by atoms with Crippen LogP contribution in [0.5, 0.6) is 0 Å². The molecule has 0 amide bonds. The smallest absolute Gasteiger partial charge is 0.0771 e. The van der Waals surface area contributed by atoms with Gasteiger partial charge in [-0.05, 0) is 51.5 Å². The number of pyridine rings is 1. The number of rotatable bonds is 5. The third-order valence-corrected chi connectivity index (χ3v) is 3.26. The maximum Gasteiger partial charge on any atom is 0.0771 e. The summed E-state index contributed by atoms with van der Waals surface area (Å²) in [5.41, 5.74) is 3.66. The van der Waals surface area contributed by atoms with Crippen molar-refractivity contribution in [2.45, 2.75) is 12.6 Å². The van der Waals surface area contributed by atoms with Crippen molar-refractivity contribution in [3.8, 4) is 0 Å². The second-order valence-electron chi connectivity index (χ2n) is 5.60. The van der Waals surface area contributed by atoms with E-state index >= 15 is 0 Å². The number of hydrogen-bond donors (Lipinski definition) is 0. The molecule has 2 rings (SSSR count). The summed E-state index contributed by atoms with van der Waals surface area (Å²) in [7, 11) is 8.36. The molecule has 20 heavy (non-hydrogen) atoms. The third-order valence-electron chi connectivity index (χ3n) is 3.26. The fraction of sp³-hybridized carbons (Fsp3) is 0.353. The maximum absolute atomic E-state index is 4.58. The Bertz CT molecular complexity index is 535. The van der Waals surface area contributed by atoms with Crippen molar-refractivity contribution in [1.82, 2.24) is 14.8 Å². The van der Waals surface area contributed by atoms with Crippen LogP contribution in [0.2, 0.25) is 0 Å². The van der Waals surface area contributed by atoms with Gasteiger partial charge in [-0.25, -0.2) is 0 Å². The lowest BCUT2D eigenvalue weighted by Crippen LogP contribution is -2.22. The van der Waals surface area contributed by atoms with Gasteiger partial charge in [0, 0.05) is 12.7 Å². The van der Waals surface area contributed by atoms with Gasteiger partial charge < -0.3 is 4.90 Å². The van der Waals surface area contributed by atoms with Crippen LogP contribution >= 0.6 is 0 Å². The first-order valence-electron chi connectivity index (χ1n) is 6.89. The molecule has 0 spiro atoms. The van der Waals surface area contributed by atoms with Crippen LogP contribution in [0.4, 0.5) is 0 Å². The van der Waals surface area contributed by atoms with Gasteiger partial charge in [-0.2, -0.15) is 0 Å². The topological polar surface area (TPSA) is 19.4 Å². The molecule has 106 valence electrons. The molecule has 0 bridgehead atoms. The summed E-state index contributed by atoms with van der Waals surface area (Å²) in [4.78, 5) is 8.96. The summed E-state index contributed by atoms with van der Waals surface area (Å²) < 4.78 is 0. The fourth-order valence-corrected chi connectivity index (χ4v) is 2.48. The van der Waals surface area contributed by atoms with Gasteiger partial charge in [0.15, 0.2) is 0 Å². The van der Waals surface area contributed by atoms with E-state index in [1.807, 2.05) is 12.3 Å². The van der Waals surface area contributed by atoms with E-state index in [0.717, 1.165) is 12.2 Å². The first-order valence-corrected chi connectivity index (χ1v) is 6.89. The van der Waals surface area contributed by atoms with Crippen LogP contribution in [0, 0.1) is 0 Å². The zero-order chi connectivity index (χ0) is 14.5. The molecule has 1 aromatic heterocycles. The van der Waals surface area contributed by atoms with E-state index in [0.29, 0.717) is 0 Å². The van der Waals surface area contributed by atoms with Gasteiger partial charge in [-0.3, -0.25) is 9.88 Å². The second kappa shape index (κ2) is 6.64. The van der Waals surface area contributed by atoms with Crippen LogP contribution in [0.15, 0.2) is 48.7 Å². The predicted octanol–water partition coefficient (Wildman–Crippen LogP) is 2.79. The average Bonchev–Trinajstić information content (AvgIpc) is 2.39. The number of benzene rings is 1. The van der Waals surface area contributed by atoms with Gasteiger partial charge in [0.05, 0.1) is 11.7 Å². The van der Waals surface area contributed by atoms with Crippen molar-refractivity contribution in [1.29, 1.82) is 0 Å². The van der Waals surface area contributed by atoms with Crippen molar-refractivity contribution in [3.05, 3.63) is 65.5 Å². The largest absolute Gasteiger partial charge is 0.305 e. The Balaban J connectivity index is 2.35. The zero-order valence-electron chi connectivity index (χ0n) is 12.7. The molecule has 0 saturated carbocycles. The van der Waals surface area contributed by atoms with Crippen LogP contribution in [-0.2, 0) is 6.54 Å². The minimum absolute atomic E-state index is 0.193. The Hall–Kier alpha value is -1.71. The summed E-state index contributed by atoms with van der Waals surface area (Å²) in [5, 5.41) is 0. The molecule has 2 aromatic rings. The number of hydrogen-bond acceptors (Lipinski definition) is 3. The van der Waals surface area contributed by atoms with Crippen LogP contribution in [0.1, 0.15) is 22.9 Å². The van der Waals surface area contributed by atoms with E-state index in [1.165, 1.54) is 11.1 Å². The molecule has 1 aromatic carbocycles. The second-order valence-corrected chi connectivity index (χ2v) is 5.60. The molecular weight excluding hydrogens is 246 g/mol. The van der Waals surface area contributed by atoms with Crippen molar-refractivity contribution in [2.75, 3.05) is 28.2 Å². The molecule has 3 heteroatoms. The van der Waals surface area contributed by atoms with Crippen molar-refractivity contribution in [3.63, 3.8) is 0 Å². The average molecular weight is 269 g/mol. The molecule has 0 fully saturated rings. The Morgan fingerprint density at radius 2 is 1.70 bits per heavy atom. The van der Waals surface area contributed by atoms with Crippen LogP contribution in [-0.4, -0.2) is 43.0 Å². The molecule has 0 aliphatic carbocycles. The zero-order valence-corrected chi connectivity index (χ0v) is 12.7. The monoisotopic (exact) mass is 269 g/mol. The lowest BCUT2D eigenvalue weighted by molar-refractivity contribution is 0.335. The SMILES string of the molecule is CN(C)Cc1ccnc(C(c2ccccc2)N(C)C)c1. The van der Waals surface area contributed by atoms with Gasteiger partial charge in [0.1, 0.15) is 0 Å². The van der Waals surface area contributed by atoms with Gasteiger partial charge in [-0.15, -0.1) is 0 Å². The highest BCUT2D eigenvalue weighted by molar-refractivity contribution is 5.29. The molecule has 1 atom stereocenters. The highest BCUT2D eigenvalue weighted by atomic mass is 15.1. The molecule has 1 unspecified atom stereocenters. The van der Waals surface area contributed by atoms with E-state index in [1.54, 1.807) is 0 Å². The van der Waals surface area contributed by atoms with E-state index in [9.17, 15) is 0 Å². The lowest BCUT2D eigenvalue weighted by Gasteiger charge is -2.25. The van der Waals surface area contributed by atoms with Crippen molar-refractivity contribution < 1.29 is 0 Å². The molecule has 1 heterocycles. The minimum atomic E-state index is 0.193.